The van der Waals surface area contributed by atoms with Gasteiger partial charge >= 0.3 is 12.2 Å². The van der Waals surface area contributed by atoms with Crippen molar-refractivity contribution in [1.82, 2.24) is 10.6 Å². The molecule has 0 radical (unpaired) electrons. The Morgan fingerprint density at radius 3 is 2.12 bits per heavy atom. The van der Waals surface area contributed by atoms with Crippen molar-refractivity contribution in [1.29, 1.82) is 0 Å². The lowest BCUT2D eigenvalue weighted by Crippen LogP contribution is -2.52. The van der Waals surface area contributed by atoms with Crippen LogP contribution in [0.4, 0.5) is 18.0 Å². The highest BCUT2D eigenvalue weighted by atomic mass is 19.4. The van der Waals surface area contributed by atoms with Crippen LogP contribution in [0.1, 0.15) is 13.8 Å². The van der Waals surface area contributed by atoms with E-state index in [0.29, 0.717) is 0 Å². The van der Waals surface area contributed by atoms with Gasteiger partial charge in [-0.05, 0) is 5.92 Å². The molecule has 16 heavy (non-hydrogen) atoms. The summed E-state index contributed by atoms with van der Waals surface area (Å²) in [5, 5.41) is 3.75. The molecule has 1 atom stereocenters. The molecule has 0 spiro atoms. The van der Waals surface area contributed by atoms with Gasteiger partial charge in [-0.2, -0.15) is 13.2 Å². The van der Waals surface area contributed by atoms with E-state index in [1.807, 2.05) is 0 Å². The average molecular weight is 241 g/mol. The Bertz CT molecular complexity index is 266. The molecule has 0 bridgehead atoms. The Labute approximate surface area is 90.6 Å². The molecule has 3 amide bonds. The lowest BCUT2D eigenvalue weighted by Gasteiger charge is -2.20. The average Bonchev–Trinajstić information content (AvgIpc) is 2.08. The summed E-state index contributed by atoms with van der Waals surface area (Å²) < 4.78 is 35.4. The second-order valence-corrected chi connectivity index (χ2v) is 3.56. The molecule has 5 nitrogen and oxygen atoms in total. The molecule has 4 N–H and O–H groups in total. The van der Waals surface area contributed by atoms with Crippen molar-refractivity contribution in [2.45, 2.75) is 26.1 Å². The van der Waals surface area contributed by atoms with Crippen LogP contribution < -0.4 is 16.4 Å². The maximum absolute atomic E-state index is 11.8. The van der Waals surface area contributed by atoms with Gasteiger partial charge < -0.3 is 16.4 Å². The van der Waals surface area contributed by atoms with Gasteiger partial charge in [-0.1, -0.05) is 13.8 Å². The fourth-order valence-electron chi connectivity index (χ4n) is 0.986. The fourth-order valence-corrected chi connectivity index (χ4v) is 0.986. The van der Waals surface area contributed by atoms with E-state index in [9.17, 15) is 22.8 Å². The summed E-state index contributed by atoms with van der Waals surface area (Å²) in [5.41, 5.74) is 4.80. The maximum Gasteiger partial charge on any atom is 0.405 e. The van der Waals surface area contributed by atoms with Crippen molar-refractivity contribution in [2.24, 2.45) is 11.7 Å². The smallest absolute Gasteiger partial charge is 0.352 e. The van der Waals surface area contributed by atoms with Crippen LogP contribution in [0.15, 0.2) is 0 Å². The van der Waals surface area contributed by atoms with E-state index < -0.39 is 30.7 Å². The summed E-state index contributed by atoms with van der Waals surface area (Å²) in [7, 11) is 0. The van der Waals surface area contributed by atoms with Gasteiger partial charge in [-0.3, -0.25) is 4.79 Å². The van der Waals surface area contributed by atoms with Crippen molar-refractivity contribution in [3.05, 3.63) is 0 Å². The second kappa shape index (κ2) is 5.57. The molecule has 0 fully saturated rings. The van der Waals surface area contributed by atoms with Crippen LogP contribution in [0.25, 0.3) is 0 Å². The highest BCUT2D eigenvalue weighted by Crippen LogP contribution is 2.12. The first-order valence-corrected chi connectivity index (χ1v) is 4.54. The molecule has 94 valence electrons. The van der Waals surface area contributed by atoms with Crippen molar-refractivity contribution in [3.8, 4) is 0 Å². The monoisotopic (exact) mass is 241 g/mol. The molecule has 0 aliphatic rings. The van der Waals surface area contributed by atoms with Gasteiger partial charge in [0.2, 0.25) is 5.91 Å². The molecular weight excluding hydrogens is 227 g/mol. The van der Waals surface area contributed by atoms with Gasteiger partial charge in [-0.15, -0.1) is 0 Å². The molecule has 1 unspecified atom stereocenters. The number of halogens is 3. The van der Waals surface area contributed by atoms with Crippen molar-refractivity contribution in [2.75, 3.05) is 6.54 Å². The highest BCUT2D eigenvalue weighted by Gasteiger charge is 2.30. The molecule has 0 aliphatic heterocycles. The van der Waals surface area contributed by atoms with Gasteiger partial charge in [0.05, 0.1) is 0 Å². The van der Waals surface area contributed by atoms with Crippen molar-refractivity contribution >= 4 is 11.9 Å². The summed E-state index contributed by atoms with van der Waals surface area (Å²) in [5.74, 6) is -1.27. The van der Waals surface area contributed by atoms with E-state index in [-0.39, 0.29) is 5.92 Å². The lowest BCUT2D eigenvalue weighted by molar-refractivity contribution is -0.140. The SMILES string of the molecule is CC(C)C(NC(N)=O)C(=O)NCC(F)(F)F. The van der Waals surface area contributed by atoms with Crippen LogP contribution in [0.2, 0.25) is 0 Å². The largest absolute Gasteiger partial charge is 0.405 e. The second-order valence-electron chi connectivity index (χ2n) is 3.56. The number of nitrogens with two attached hydrogens (primary N) is 1. The van der Waals surface area contributed by atoms with Gasteiger partial charge in [-0.25, -0.2) is 4.79 Å². The number of urea groups is 1. The van der Waals surface area contributed by atoms with Crippen LogP contribution in [0.5, 0.6) is 0 Å². The van der Waals surface area contributed by atoms with Crippen LogP contribution in [-0.4, -0.2) is 30.7 Å². The van der Waals surface area contributed by atoms with Crippen molar-refractivity contribution < 1.29 is 22.8 Å². The normalized spacial score (nSPS) is 13.4. The minimum absolute atomic E-state index is 0.360. The third-order valence-electron chi connectivity index (χ3n) is 1.71. The molecule has 0 heterocycles. The number of hydrogen-bond acceptors (Lipinski definition) is 2. The quantitative estimate of drug-likeness (QED) is 0.663. The van der Waals surface area contributed by atoms with Crippen LogP contribution in [-0.2, 0) is 4.79 Å². The number of alkyl halides is 3. The van der Waals surface area contributed by atoms with Gasteiger partial charge in [0.25, 0.3) is 0 Å². The van der Waals surface area contributed by atoms with E-state index in [4.69, 9.17) is 5.73 Å². The fraction of sp³-hybridized carbons (Fsp3) is 0.750. The molecule has 0 aliphatic carbocycles. The molecule has 8 heteroatoms. The molecule has 0 rings (SSSR count). The van der Waals surface area contributed by atoms with Crippen LogP contribution in [0.3, 0.4) is 0 Å². The van der Waals surface area contributed by atoms with Gasteiger partial charge in [0.1, 0.15) is 12.6 Å². The number of carbonyl (C=O) groups excluding carboxylic acids is 2. The zero-order valence-corrected chi connectivity index (χ0v) is 8.89. The highest BCUT2D eigenvalue weighted by molar-refractivity contribution is 5.86. The zero-order chi connectivity index (χ0) is 12.9. The summed E-state index contributed by atoms with van der Waals surface area (Å²) in [6.07, 6.45) is -4.48. The molecule has 0 aromatic heterocycles. The number of primary amides is 1. The molecular formula is C8H14F3N3O2. The van der Waals surface area contributed by atoms with E-state index in [0.717, 1.165) is 0 Å². The zero-order valence-electron chi connectivity index (χ0n) is 8.89. The summed E-state index contributed by atoms with van der Waals surface area (Å²) in [4.78, 5) is 21.8. The first-order chi connectivity index (χ1) is 7.13. The lowest BCUT2D eigenvalue weighted by atomic mass is 10.0. The van der Waals surface area contributed by atoms with E-state index in [2.05, 4.69) is 5.32 Å². The maximum atomic E-state index is 11.8. The Morgan fingerprint density at radius 1 is 1.31 bits per heavy atom. The molecule has 0 aromatic rings. The number of amides is 3. The standard InChI is InChI=1S/C8H14F3N3O2/c1-4(2)5(14-7(12)16)6(15)13-3-8(9,10)11/h4-5H,3H2,1-2H3,(H,13,15)(H3,12,14,16). The third kappa shape index (κ3) is 6.10. The first kappa shape index (κ1) is 14.5. The molecule has 0 saturated heterocycles. The molecule has 0 aromatic carbocycles. The van der Waals surface area contributed by atoms with Crippen molar-refractivity contribution in [3.63, 3.8) is 0 Å². The number of rotatable bonds is 4. The predicted molar refractivity (Wildman–Crippen MR) is 50.4 cm³/mol. The molecule has 0 saturated carbocycles. The van der Waals surface area contributed by atoms with Gasteiger partial charge in [0.15, 0.2) is 0 Å². The Balaban J connectivity index is 4.34. The van der Waals surface area contributed by atoms with Gasteiger partial charge in [0, 0.05) is 0 Å². The minimum Gasteiger partial charge on any atom is -0.352 e. The van der Waals surface area contributed by atoms with E-state index in [1.165, 1.54) is 0 Å². The number of nitrogens with one attached hydrogen (secondary N) is 2. The summed E-state index contributed by atoms with van der Waals surface area (Å²) in [6, 6.07) is -2.03. The van der Waals surface area contributed by atoms with Crippen LogP contribution in [0, 0.1) is 5.92 Å². The Kier molecular flexibility index (Phi) is 5.06. The van der Waals surface area contributed by atoms with E-state index >= 15 is 0 Å². The minimum atomic E-state index is -4.48. The summed E-state index contributed by atoms with van der Waals surface area (Å²) in [6.45, 7) is 1.72. The van der Waals surface area contributed by atoms with Crippen LogP contribution >= 0.6 is 0 Å². The predicted octanol–water partition coefficient (Wildman–Crippen LogP) is 0.358. The number of hydrogen-bond donors (Lipinski definition) is 3. The third-order valence-corrected chi connectivity index (χ3v) is 1.71. The first-order valence-electron chi connectivity index (χ1n) is 4.54. The Morgan fingerprint density at radius 2 is 1.81 bits per heavy atom. The van der Waals surface area contributed by atoms with E-state index in [1.54, 1.807) is 19.2 Å². The number of carbonyl (C=O) groups is 2. The summed E-state index contributed by atoms with van der Waals surface area (Å²) >= 11 is 0. The topological polar surface area (TPSA) is 84.2 Å². The Hall–Kier alpha value is -1.47.